The van der Waals surface area contributed by atoms with E-state index >= 15 is 4.57 Å². The van der Waals surface area contributed by atoms with Crippen LogP contribution in [0.3, 0.4) is 0 Å². The lowest BCUT2D eigenvalue weighted by Gasteiger charge is -2.28. The smallest absolute Gasteiger partial charge is 0.378 e. The number of nitrogens with zero attached hydrogens (tertiary/aromatic N) is 12. The van der Waals surface area contributed by atoms with Crippen molar-refractivity contribution < 1.29 is 32.3 Å². The lowest BCUT2D eigenvalue weighted by Crippen LogP contribution is -2.36. The predicted molar refractivity (Wildman–Crippen MR) is 380 cm³/mol. The summed E-state index contributed by atoms with van der Waals surface area (Å²) in [7, 11) is -4.78. The quantitative estimate of drug-likeness (QED) is 0.0614. The summed E-state index contributed by atoms with van der Waals surface area (Å²) in [5, 5.41) is 3.93. The molecule has 98 heavy (non-hydrogen) atoms. The number of rotatable bonds is 21. The molecule has 500 valence electrons. The van der Waals surface area contributed by atoms with Gasteiger partial charge < -0.3 is 56.3 Å². The highest BCUT2D eigenvalue weighted by Crippen LogP contribution is 2.52. The standard InChI is InChI=1S/C72H66Cl3N12O10P/c73-55-7-1-49(2-8-55)40-82-16-13-52(31-67(82)88)64-43-85(70-61(64)34-58(37-76-70)79-19-25-92-26-20-79)46-95-98(91,96-47-86-44-65(62-35-59(38-77-71(62)86)80-21-27-93-28-22-80)53-14-17-83(68(89)32-53)41-50-3-9-56(74)10-4-50)97-48-87-45-66(63-36-60(39-78-72(63)87)81-23-29-94-30-24-81)54-15-18-84(69(90)33-54)42-51-5-11-57(75)12-6-51/h1-18,31-39,43-45H,19-30,40-42,46-48H2. The summed E-state index contributed by atoms with van der Waals surface area (Å²) < 4.78 is 63.0. The molecule has 9 aromatic heterocycles. The zero-order chi connectivity index (χ0) is 66.9. The second-order valence-electron chi connectivity index (χ2n) is 24.3. The zero-order valence-corrected chi connectivity index (χ0v) is 56.2. The van der Waals surface area contributed by atoms with E-state index in [-0.39, 0.29) is 16.7 Å². The van der Waals surface area contributed by atoms with Gasteiger partial charge in [-0.25, -0.2) is 19.5 Å². The van der Waals surface area contributed by atoms with E-state index in [2.05, 4.69) is 14.7 Å². The number of morpholine rings is 3. The molecular weight excluding hydrogens is 1330 g/mol. The van der Waals surface area contributed by atoms with E-state index < -0.39 is 28.0 Å². The number of phosphoric ester groups is 1. The van der Waals surface area contributed by atoms with Gasteiger partial charge in [0, 0.05) is 143 Å². The molecule has 0 bridgehead atoms. The van der Waals surface area contributed by atoms with Crippen LogP contribution in [0.5, 0.6) is 0 Å². The molecule has 12 aromatic rings. The highest BCUT2D eigenvalue weighted by Gasteiger charge is 2.31. The van der Waals surface area contributed by atoms with Gasteiger partial charge in [0.2, 0.25) is 0 Å². The molecule has 0 radical (unpaired) electrons. The van der Waals surface area contributed by atoms with Crippen molar-refractivity contribution in [3.63, 3.8) is 0 Å². The Morgan fingerprint density at radius 2 is 0.653 bits per heavy atom. The largest absolute Gasteiger partial charge is 0.480 e. The van der Waals surface area contributed by atoms with Crippen LogP contribution < -0.4 is 31.4 Å². The van der Waals surface area contributed by atoms with Crippen molar-refractivity contribution in [2.24, 2.45) is 0 Å². The molecule has 3 aromatic carbocycles. The highest BCUT2D eigenvalue weighted by atomic mass is 35.5. The lowest BCUT2D eigenvalue weighted by molar-refractivity contribution is 0.0564. The van der Waals surface area contributed by atoms with Gasteiger partial charge in [-0.1, -0.05) is 71.2 Å². The highest BCUT2D eigenvalue weighted by molar-refractivity contribution is 7.48. The Bertz CT molecular complexity index is 4650. The first-order valence-electron chi connectivity index (χ1n) is 32.1. The van der Waals surface area contributed by atoms with Gasteiger partial charge in [-0.15, -0.1) is 0 Å². The van der Waals surface area contributed by atoms with E-state index in [1.54, 1.807) is 119 Å². The molecular formula is C72H66Cl3N12O10P. The Balaban J connectivity index is 0.801. The van der Waals surface area contributed by atoms with Gasteiger partial charge in [-0.05, 0) is 106 Å². The Morgan fingerprint density at radius 1 is 0.378 bits per heavy atom. The van der Waals surface area contributed by atoms with Gasteiger partial charge in [0.15, 0.2) is 0 Å². The van der Waals surface area contributed by atoms with Crippen molar-refractivity contribution in [3.05, 3.63) is 246 Å². The fraction of sp³-hybridized carbons (Fsp3) is 0.250. The molecule has 0 amide bonds. The lowest BCUT2D eigenvalue weighted by atomic mass is 10.1. The molecule has 0 saturated carbocycles. The first-order valence-corrected chi connectivity index (χ1v) is 34.7. The van der Waals surface area contributed by atoms with Crippen LogP contribution in [0.2, 0.25) is 15.1 Å². The molecule has 3 fully saturated rings. The van der Waals surface area contributed by atoms with Crippen molar-refractivity contribution in [1.82, 2.24) is 42.4 Å². The number of anilines is 3. The third-order valence-corrected chi connectivity index (χ3v) is 20.1. The number of halogens is 3. The number of hydrogen-bond donors (Lipinski definition) is 0. The van der Waals surface area contributed by atoms with Crippen molar-refractivity contribution in [3.8, 4) is 33.4 Å². The second kappa shape index (κ2) is 28.4. The molecule has 12 heterocycles. The molecule has 15 rings (SSSR count). The normalized spacial score (nSPS) is 14.7. The molecule has 0 aliphatic carbocycles. The Morgan fingerprint density at radius 3 is 0.918 bits per heavy atom. The molecule has 26 heteroatoms. The van der Waals surface area contributed by atoms with Crippen molar-refractivity contribution in [1.29, 1.82) is 0 Å². The van der Waals surface area contributed by atoms with Crippen LogP contribution in [0.4, 0.5) is 17.1 Å². The zero-order valence-electron chi connectivity index (χ0n) is 53.1. The average molecular weight is 1400 g/mol. The maximum Gasteiger partial charge on any atom is 0.480 e. The van der Waals surface area contributed by atoms with Crippen LogP contribution in [0.25, 0.3) is 66.5 Å². The van der Waals surface area contributed by atoms with Crippen LogP contribution in [-0.4, -0.2) is 121 Å². The predicted octanol–water partition coefficient (Wildman–Crippen LogP) is 12.3. The van der Waals surface area contributed by atoms with Crippen LogP contribution in [0.1, 0.15) is 16.7 Å². The van der Waals surface area contributed by atoms with E-state index in [0.717, 1.165) is 33.8 Å². The third kappa shape index (κ3) is 14.1. The van der Waals surface area contributed by atoms with Crippen molar-refractivity contribution in [2.75, 3.05) is 93.6 Å². The Kier molecular flexibility index (Phi) is 18.8. The number of pyridine rings is 6. The summed E-state index contributed by atoms with van der Waals surface area (Å²) in [6.07, 6.45) is 16.1. The molecule has 3 aliphatic heterocycles. The topological polar surface area (TPSA) is 202 Å². The van der Waals surface area contributed by atoms with Gasteiger partial charge in [0.05, 0.1) is 94.9 Å². The minimum atomic E-state index is -4.78. The minimum Gasteiger partial charge on any atom is -0.378 e. The summed E-state index contributed by atoms with van der Waals surface area (Å²) in [6, 6.07) is 38.6. The molecule has 0 unspecified atom stereocenters. The Hall–Kier alpha value is -9.16. The van der Waals surface area contributed by atoms with Crippen LogP contribution in [0.15, 0.2) is 198 Å². The number of ether oxygens (including phenoxy) is 3. The number of benzene rings is 3. The molecule has 0 N–H and O–H groups in total. The summed E-state index contributed by atoms with van der Waals surface area (Å²) in [5.74, 6) is 0. The number of phosphoric acid groups is 1. The molecule has 0 atom stereocenters. The van der Waals surface area contributed by atoms with E-state index in [1.807, 2.05) is 91.4 Å². The summed E-state index contributed by atoms with van der Waals surface area (Å²) in [4.78, 5) is 63.7. The number of aromatic nitrogens is 9. The molecule has 22 nitrogen and oxygen atoms in total. The van der Waals surface area contributed by atoms with Crippen LogP contribution in [-0.2, 0) is 72.2 Å². The first kappa shape index (κ1) is 64.8. The van der Waals surface area contributed by atoms with Crippen molar-refractivity contribution >= 4 is 92.8 Å². The Labute approximate surface area is 577 Å². The molecule has 3 aliphatic rings. The van der Waals surface area contributed by atoms with Gasteiger partial charge >= 0.3 is 7.82 Å². The number of fused-ring (bicyclic) bond motifs is 3. The van der Waals surface area contributed by atoms with Crippen LogP contribution in [0, 0.1) is 0 Å². The fourth-order valence-corrected chi connectivity index (χ4v) is 14.1. The monoisotopic (exact) mass is 1390 g/mol. The van der Waals surface area contributed by atoms with Crippen molar-refractivity contribution in [2.45, 2.75) is 39.8 Å². The molecule has 3 saturated heterocycles. The third-order valence-electron chi connectivity index (χ3n) is 18.0. The van der Waals surface area contributed by atoms with Gasteiger partial charge in [0.1, 0.15) is 37.1 Å². The van der Waals surface area contributed by atoms with Gasteiger partial charge in [-0.2, -0.15) is 0 Å². The van der Waals surface area contributed by atoms with E-state index in [1.165, 1.54) is 0 Å². The van der Waals surface area contributed by atoms with E-state index in [0.29, 0.717) is 180 Å². The minimum absolute atomic E-state index is 0.227. The maximum absolute atomic E-state index is 16.1. The van der Waals surface area contributed by atoms with E-state index in [4.69, 9.17) is 77.5 Å². The fourth-order valence-electron chi connectivity index (χ4n) is 12.7. The van der Waals surface area contributed by atoms with E-state index in [9.17, 15) is 14.4 Å². The SMILES string of the molecule is O=c1cc(-c2cn(COP(=O)(OCn3cc(-c4ccn(Cc5ccc(Cl)cc5)c(=O)c4)c4cc(N5CCOCC5)cnc43)OCn3cc(-c4ccn(Cc5ccc(Cl)cc5)c(=O)c4)c4cc(N5CCOCC5)cnc43)c3ncc(N4CCOCC4)cc23)ccn1Cc1ccc(Cl)cc1. The second-order valence-corrected chi connectivity index (χ2v) is 27.3. The average Bonchev–Trinajstić information content (AvgIpc) is 1.63. The molecule has 0 spiro atoms. The summed E-state index contributed by atoms with van der Waals surface area (Å²) >= 11 is 18.6. The first-order chi connectivity index (χ1) is 47.8. The van der Waals surface area contributed by atoms with Gasteiger partial charge in [0.25, 0.3) is 16.7 Å². The summed E-state index contributed by atoms with van der Waals surface area (Å²) in [5.41, 5.74) is 9.96. The van der Waals surface area contributed by atoms with Crippen LogP contribution >= 0.6 is 42.6 Å². The summed E-state index contributed by atoms with van der Waals surface area (Å²) in [6.45, 7) is 7.04. The number of hydrogen-bond acceptors (Lipinski definition) is 16. The maximum atomic E-state index is 16.1. The van der Waals surface area contributed by atoms with Gasteiger partial charge in [-0.3, -0.25) is 28.0 Å².